The zero-order valence-electron chi connectivity index (χ0n) is 56.2. The van der Waals surface area contributed by atoms with E-state index in [2.05, 4.69) is 57.2 Å². The maximum Gasteiger partial charge on any atom is 0.306 e. The van der Waals surface area contributed by atoms with Crippen LogP contribution < -0.4 is 0 Å². The van der Waals surface area contributed by atoms with E-state index in [0.29, 0.717) is 19.3 Å². The van der Waals surface area contributed by atoms with Crippen molar-refractivity contribution in [3.05, 3.63) is 36.5 Å². The van der Waals surface area contributed by atoms with Gasteiger partial charge < -0.3 is 14.2 Å². The topological polar surface area (TPSA) is 78.9 Å². The minimum absolute atomic E-state index is 0.0639. The molecule has 0 heterocycles. The normalized spacial score (nSPS) is 12.2. The molecule has 6 nitrogen and oxygen atoms in total. The van der Waals surface area contributed by atoms with Crippen molar-refractivity contribution >= 4 is 17.9 Å². The second-order valence-electron chi connectivity index (χ2n) is 25.6. The molecule has 0 aromatic heterocycles. The van der Waals surface area contributed by atoms with E-state index in [9.17, 15) is 14.4 Å². The van der Waals surface area contributed by atoms with Gasteiger partial charge in [0.05, 0.1) is 0 Å². The summed E-state index contributed by atoms with van der Waals surface area (Å²) in [6, 6.07) is 0. The van der Waals surface area contributed by atoms with Gasteiger partial charge in [0.2, 0.25) is 0 Å². The second-order valence-corrected chi connectivity index (χ2v) is 25.6. The maximum absolute atomic E-state index is 13.0. The van der Waals surface area contributed by atoms with Crippen molar-refractivity contribution in [2.24, 2.45) is 0 Å². The molecular weight excluding hydrogens is 1020 g/mol. The molecule has 0 amide bonds. The summed E-state index contributed by atoms with van der Waals surface area (Å²) < 4.78 is 17.0. The molecule has 0 aliphatic rings. The molecule has 0 saturated carbocycles. The quantitative estimate of drug-likeness (QED) is 0.0261. The van der Waals surface area contributed by atoms with Gasteiger partial charge in [-0.05, 0) is 57.8 Å². The van der Waals surface area contributed by atoms with E-state index in [1.165, 1.54) is 308 Å². The summed E-state index contributed by atoms with van der Waals surface area (Å²) in [7, 11) is 0. The first kappa shape index (κ1) is 80.6. The Bertz CT molecular complexity index is 1380. The van der Waals surface area contributed by atoms with Crippen molar-refractivity contribution in [1.82, 2.24) is 0 Å². The Morgan fingerprint density at radius 3 is 0.675 bits per heavy atom. The van der Waals surface area contributed by atoms with Gasteiger partial charge >= 0.3 is 17.9 Å². The predicted molar refractivity (Wildman–Crippen MR) is 362 cm³/mol. The number of carbonyl (C=O) groups excluding carboxylic acids is 3. The first-order valence-corrected chi connectivity index (χ1v) is 37.5. The van der Waals surface area contributed by atoms with Gasteiger partial charge in [-0.2, -0.15) is 0 Å². The van der Waals surface area contributed by atoms with Crippen LogP contribution in [0.5, 0.6) is 0 Å². The van der Waals surface area contributed by atoms with Crippen molar-refractivity contribution in [3.8, 4) is 0 Å². The third-order valence-electron chi connectivity index (χ3n) is 17.1. The summed E-state index contributed by atoms with van der Waals surface area (Å²) in [5.41, 5.74) is 0. The molecule has 1 atom stereocenters. The molecular formula is C77H144O6. The highest BCUT2D eigenvalue weighted by Crippen LogP contribution is 2.19. The minimum atomic E-state index is -0.767. The van der Waals surface area contributed by atoms with Crippen molar-refractivity contribution in [2.75, 3.05) is 13.2 Å². The van der Waals surface area contributed by atoms with Gasteiger partial charge in [0.1, 0.15) is 13.2 Å². The predicted octanol–water partition coefficient (Wildman–Crippen LogP) is 25.9. The van der Waals surface area contributed by atoms with Crippen LogP contribution in [0.2, 0.25) is 0 Å². The minimum Gasteiger partial charge on any atom is -0.462 e. The monoisotopic (exact) mass is 1170 g/mol. The van der Waals surface area contributed by atoms with Gasteiger partial charge in [-0.3, -0.25) is 14.4 Å². The molecule has 0 aliphatic carbocycles. The molecule has 0 spiro atoms. The highest BCUT2D eigenvalue weighted by atomic mass is 16.6. The standard InChI is InChI=1S/C77H144O6/c1-4-7-10-13-16-19-22-25-27-29-31-32-33-34-35-36-37-38-39-40-41-42-43-44-46-47-49-52-55-58-61-64-67-70-76(79)82-73-74(72-81-75(78)69-66-63-60-57-54-51-24-21-18-15-12-9-6-3)83-77(80)71-68-65-62-59-56-53-50-48-45-30-28-26-23-20-17-14-11-8-5-2/h22,25,29,31,33-34,74H,4-21,23-24,26-28,30,32,35-73H2,1-3H3/b25-22-,31-29-,34-33-. The van der Waals surface area contributed by atoms with Gasteiger partial charge in [-0.1, -0.05) is 378 Å². The molecule has 0 aromatic carbocycles. The fourth-order valence-electron chi connectivity index (χ4n) is 11.5. The van der Waals surface area contributed by atoms with Crippen molar-refractivity contribution in [2.45, 2.75) is 425 Å². The van der Waals surface area contributed by atoms with Gasteiger partial charge in [-0.15, -0.1) is 0 Å². The van der Waals surface area contributed by atoms with Crippen molar-refractivity contribution < 1.29 is 28.6 Å². The number of carbonyl (C=O) groups is 3. The maximum atomic E-state index is 13.0. The first-order chi connectivity index (χ1) is 41.0. The largest absolute Gasteiger partial charge is 0.462 e. The Morgan fingerprint density at radius 1 is 0.241 bits per heavy atom. The van der Waals surface area contributed by atoms with Crippen LogP contribution in [-0.4, -0.2) is 37.2 Å². The van der Waals surface area contributed by atoms with E-state index in [1.807, 2.05) is 0 Å². The molecule has 0 radical (unpaired) electrons. The van der Waals surface area contributed by atoms with Crippen LogP contribution in [0.1, 0.15) is 419 Å². The van der Waals surface area contributed by atoms with Gasteiger partial charge in [0.25, 0.3) is 0 Å². The van der Waals surface area contributed by atoms with Crippen LogP contribution in [0.25, 0.3) is 0 Å². The molecule has 1 unspecified atom stereocenters. The van der Waals surface area contributed by atoms with Crippen LogP contribution in [0.4, 0.5) is 0 Å². The van der Waals surface area contributed by atoms with E-state index in [1.54, 1.807) is 0 Å². The van der Waals surface area contributed by atoms with E-state index in [-0.39, 0.29) is 31.1 Å². The zero-order chi connectivity index (χ0) is 59.9. The lowest BCUT2D eigenvalue weighted by Crippen LogP contribution is -2.30. The van der Waals surface area contributed by atoms with Gasteiger partial charge in [0.15, 0.2) is 6.10 Å². The van der Waals surface area contributed by atoms with Crippen LogP contribution in [0, 0.1) is 0 Å². The van der Waals surface area contributed by atoms with Crippen LogP contribution in [0.15, 0.2) is 36.5 Å². The Hall–Kier alpha value is -2.37. The molecule has 6 heteroatoms. The lowest BCUT2D eigenvalue weighted by molar-refractivity contribution is -0.167. The number of ether oxygens (including phenoxy) is 3. The van der Waals surface area contributed by atoms with E-state index < -0.39 is 6.10 Å². The summed E-state index contributed by atoms with van der Waals surface area (Å²) >= 11 is 0. The Balaban J connectivity index is 4.12. The Morgan fingerprint density at radius 2 is 0.434 bits per heavy atom. The summed E-state index contributed by atoms with van der Waals surface area (Å²) in [5, 5.41) is 0. The van der Waals surface area contributed by atoms with Crippen LogP contribution >= 0.6 is 0 Å². The fourth-order valence-corrected chi connectivity index (χ4v) is 11.5. The van der Waals surface area contributed by atoms with Crippen molar-refractivity contribution in [1.29, 1.82) is 0 Å². The van der Waals surface area contributed by atoms with Gasteiger partial charge in [0, 0.05) is 19.3 Å². The van der Waals surface area contributed by atoms with Crippen molar-refractivity contribution in [3.63, 3.8) is 0 Å². The molecule has 83 heavy (non-hydrogen) atoms. The Kier molecular flexibility index (Phi) is 70.0. The number of rotatable bonds is 70. The molecule has 0 bridgehead atoms. The summed E-state index contributed by atoms with van der Waals surface area (Å²) in [5.74, 6) is -0.829. The number of esters is 3. The van der Waals surface area contributed by atoms with Crippen LogP contribution in [-0.2, 0) is 28.6 Å². The highest BCUT2D eigenvalue weighted by molar-refractivity contribution is 5.71. The average molecular weight is 1170 g/mol. The van der Waals surface area contributed by atoms with E-state index >= 15 is 0 Å². The average Bonchev–Trinajstić information content (AvgIpc) is 3.49. The molecule has 0 aromatic rings. The number of hydrogen-bond acceptors (Lipinski definition) is 6. The third-order valence-corrected chi connectivity index (χ3v) is 17.1. The lowest BCUT2D eigenvalue weighted by Gasteiger charge is -2.18. The van der Waals surface area contributed by atoms with E-state index in [4.69, 9.17) is 14.2 Å². The van der Waals surface area contributed by atoms with Gasteiger partial charge in [-0.25, -0.2) is 0 Å². The SMILES string of the molecule is CCCCCCC/C=C\C/C=C\C/C=C\CCCCCCCCCCCCCCCCCCCCC(=O)OCC(COC(=O)CCCCCCCCCCCCCCC)OC(=O)CCCCCCCCCCCCCCCCCCCCC. The zero-order valence-corrected chi connectivity index (χ0v) is 56.2. The molecule has 0 rings (SSSR count). The molecule has 0 saturated heterocycles. The molecule has 488 valence electrons. The second kappa shape index (κ2) is 72.1. The summed E-state index contributed by atoms with van der Waals surface area (Å²) in [4.78, 5) is 38.4. The number of allylic oxidation sites excluding steroid dienone is 6. The third kappa shape index (κ3) is 70.3. The smallest absolute Gasteiger partial charge is 0.306 e. The number of unbranched alkanes of at least 4 members (excludes halogenated alkanes) is 53. The van der Waals surface area contributed by atoms with E-state index in [0.717, 1.165) is 70.6 Å². The molecule has 0 aliphatic heterocycles. The molecule has 0 N–H and O–H groups in total. The summed E-state index contributed by atoms with van der Waals surface area (Å²) in [6.45, 7) is 6.71. The first-order valence-electron chi connectivity index (χ1n) is 37.5. The highest BCUT2D eigenvalue weighted by Gasteiger charge is 2.20. The fraction of sp³-hybridized carbons (Fsp3) is 0.883. The summed E-state index contributed by atoms with van der Waals surface area (Å²) in [6.07, 6.45) is 90.5. The Labute approximate surface area is 518 Å². The lowest BCUT2D eigenvalue weighted by atomic mass is 10.0. The number of hydrogen-bond donors (Lipinski definition) is 0. The molecule has 0 fully saturated rings. The van der Waals surface area contributed by atoms with Crippen LogP contribution in [0.3, 0.4) is 0 Å².